The lowest BCUT2D eigenvalue weighted by Gasteiger charge is -2.12. The normalized spacial score (nSPS) is 11.8. The number of nitrogens with one attached hydrogen (secondary N) is 2. The van der Waals surface area contributed by atoms with Gasteiger partial charge in [-0.3, -0.25) is 9.59 Å². The maximum Gasteiger partial charge on any atom is 0.257 e. The maximum absolute atomic E-state index is 12.7. The molecule has 0 atom stereocenters. The highest BCUT2D eigenvalue weighted by atomic mass is 35.5. The molecule has 0 saturated carbocycles. The van der Waals surface area contributed by atoms with Crippen LogP contribution in [0.2, 0.25) is 0 Å². The number of pyridine rings is 2. The maximum atomic E-state index is 12.7. The van der Waals surface area contributed by atoms with E-state index in [4.69, 9.17) is 9.47 Å². The van der Waals surface area contributed by atoms with Gasteiger partial charge in [0.05, 0.1) is 5.52 Å². The van der Waals surface area contributed by atoms with Crippen LogP contribution in [0.3, 0.4) is 0 Å². The number of hydrogen-bond donors (Lipinski definition) is 2. The smallest absolute Gasteiger partial charge is 0.257 e. The van der Waals surface area contributed by atoms with Crippen molar-refractivity contribution in [1.82, 2.24) is 15.3 Å². The first-order valence-electron chi connectivity index (χ1n) is 8.39. The van der Waals surface area contributed by atoms with Gasteiger partial charge in [0.15, 0.2) is 11.5 Å². The molecule has 0 unspecified atom stereocenters. The molecule has 0 bridgehead atoms. The topological polar surface area (TPSA) is 96.5 Å². The van der Waals surface area contributed by atoms with E-state index in [0.29, 0.717) is 22.8 Å². The Hall–Kier alpha value is -3.26. The first-order valence-corrected chi connectivity index (χ1v) is 8.39. The number of fused-ring (bicyclic) bond motifs is 2. The van der Waals surface area contributed by atoms with E-state index in [1.807, 2.05) is 20.2 Å². The molecule has 1 aromatic carbocycles. The van der Waals surface area contributed by atoms with Crippen LogP contribution < -0.4 is 25.1 Å². The van der Waals surface area contributed by atoms with Crippen molar-refractivity contribution in [2.24, 2.45) is 0 Å². The number of halogens is 1. The zero-order chi connectivity index (χ0) is 19.0. The zero-order valence-corrected chi connectivity index (χ0v) is 16.1. The standard InChI is InChI=1S/C19H18N4O4.ClH/c1-23(2)16-6-4-13-17(22-16)18(24)12(9-20-13)19(25)21-8-11-3-5-14-15(7-11)27-10-26-14;/h3-7,9H,8,10H2,1-2H3,(H,20,24)(H,21,25);1H. The molecule has 9 heteroatoms. The molecule has 0 fully saturated rings. The summed E-state index contributed by atoms with van der Waals surface area (Å²) >= 11 is 0. The van der Waals surface area contributed by atoms with E-state index in [0.717, 1.165) is 5.56 Å². The molecule has 1 amide bonds. The minimum atomic E-state index is -0.465. The number of H-pyrrole nitrogens is 1. The summed E-state index contributed by atoms with van der Waals surface area (Å²) in [6, 6.07) is 9.01. The zero-order valence-electron chi connectivity index (χ0n) is 15.3. The van der Waals surface area contributed by atoms with Crippen LogP contribution >= 0.6 is 12.4 Å². The molecule has 3 aromatic rings. The number of amides is 1. The number of aromatic nitrogens is 2. The number of ether oxygens (including phenoxy) is 2. The summed E-state index contributed by atoms with van der Waals surface area (Å²) in [5.41, 5.74) is 1.27. The lowest BCUT2D eigenvalue weighted by atomic mass is 10.1. The number of aromatic amines is 1. The summed E-state index contributed by atoms with van der Waals surface area (Å²) < 4.78 is 10.6. The van der Waals surface area contributed by atoms with Crippen molar-refractivity contribution in [3.05, 3.63) is 57.9 Å². The number of carbonyl (C=O) groups is 1. The lowest BCUT2D eigenvalue weighted by molar-refractivity contribution is 0.0949. The number of hydrogen-bond acceptors (Lipinski definition) is 6. The van der Waals surface area contributed by atoms with Gasteiger partial charge < -0.3 is 24.7 Å². The van der Waals surface area contributed by atoms with Crippen LogP contribution in [0.25, 0.3) is 11.0 Å². The predicted octanol–water partition coefficient (Wildman–Crippen LogP) is 2.07. The minimum absolute atomic E-state index is 0. The van der Waals surface area contributed by atoms with Crippen LogP contribution in [0, 0.1) is 0 Å². The number of nitrogens with zero attached hydrogens (tertiary/aromatic N) is 2. The fourth-order valence-corrected chi connectivity index (χ4v) is 2.83. The Morgan fingerprint density at radius 3 is 2.79 bits per heavy atom. The molecule has 0 aliphatic carbocycles. The number of anilines is 1. The number of carbonyl (C=O) groups excluding carboxylic acids is 1. The Morgan fingerprint density at radius 1 is 1.21 bits per heavy atom. The van der Waals surface area contributed by atoms with Gasteiger partial charge in [0.2, 0.25) is 12.2 Å². The van der Waals surface area contributed by atoms with Gasteiger partial charge in [0, 0.05) is 26.8 Å². The van der Waals surface area contributed by atoms with E-state index >= 15 is 0 Å². The molecule has 1 aliphatic heterocycles. The highest BCUT2D eigenvalue weighted by Gasteiger charge is 2.16. The van der Waals surface area contributed by atoms with E-state index in [9.17, 15) is 9.59 Å². The second-order valence-corrected chi connectivity index (χ2v) is 6.36. The average molecular weight is 403 g/mol. The molecule has 146 valence electrons. The van der Waals surface area contributed by atoms with Crippen LogP contribution in [0.1, 0.15) is 15.9 Å². The van der Waals surface area contributed by atoms with Gasteiger partial charge in [0.25, 0.3) is 5.91 Å². The van der Waals surface area contributed by atoms with Gasteiger partial charge in [-0.05, 0) is 29.8 Å². The second-order valence-electron chi connectivity index (χ2n) is 6.36. The van der Waals surface area contributed by atoms with Gasteiger partial charge in [-0.15, -0.1) is 12.4 Å². The number of benzene rings is 1. The summed E-state index contributed by atoms with van der Waals surface area (Å²) in [5, 5.41) is 2.76. The van der Waals surface area contributed by atoms with Crippen LogP contribution in [-0.4, -0.2) is 36.8 Å². The third-order valence-electron chi connectivity index (χ3n) is 4.31. The molecule has 28 heavy (non-hydrogen) atoms. The first-order chi connectivity index (χ1) is 13.0. The van der Waals surface area contributed by atoms with Crippen molar-refractivity contribution in [3.63, 3.8) is 0 Å². The van der Waals surface area contributed by atoms with Crippen molar-refractivity contribution in [1.29, 1.82) is 0 Å². The Balaban J connectivity index is 0.00000225. The molecule has 8 nitrogen and oxygen atoms in total. The molecule has 0 spiro atoms. The summed E-state index contributed by atoms with van der Waals surface area (Å²) in [7, 11) is 3.68. The van der Waals surface area contributed by atoms with E-state index in [1.54, 1.807) is 29.2 Å². The van der Waals surface area contributed by atoms with E-state index < -0.39 is 11.3 Å². The Bertz CT molecular complexity index is 1100. The van der Waals surface area contributed by atoms with Gasteiger partial charge in [0.1, 0.15) is 16.9 Å². The van der Waals surface area contributed by atoms with Gasteiger partial charge >= 0.3 is 0 Å². The quantitative estimate of drug-likeness (QED) is 0.693. The van der Waals surface area contributed by atoms with Crippen molar-refractivity contribution in [3.8, 4) is 11.5 Å². The molecule has 2 N–H and O–H groups in total. The largest absolute Gasteiger partial charge is 0.454 e. The Kier molecular flexibility index (Phi) is 5.41. The van der Waals surface area contributed by atoms with E-state index in [-0.39, 0.29) is 36.8 Å². The van der Waals surface area contributed by atoms with Gasteiger partial charge in [-0.25, -0.2) is 4.98 Å². The molecular formula is C19H19ClN4O4. The minimum Gasteiger partial charge on any atom is -0.454 e. The van der Waals surface area contributed by atoms with E-state index in [1.165, 1.54) is 6.20 Å². The highest BCUT2D eigenvalue weighted by molar-refractivity contribution is 5.96. The van der Waals surface area contributed by atoms with Crippen molar-refractivity contribution >= 4 is 35.2 Å². The molecule has 3 heterocycles. The molecule has 1 aliphatic rings. The predicted molar refractivity (Wildman–Crippen MR) is 108 cm³/mol. The molecular weight excluding hydrogens is 384 g/mol. The molecule has 0 saturated heterocycles. The average Bonchev–Trinajstić information content (AvgIpc) is 3.14. The Morgan fingerprint density at radius 2 is 2.00 bits per heavy atom. The second kappa shape index (κ2) is 7.77. The van der Waals surface area contributed by atoms with Crippen molar-refractivity contribution < 1.29 is 14.3 Å². The van der Waals surface area contributed by atoms with Gasteiger partial charge in [-0.1, -0.05) is 6.07 Å². The molecule has 0 radical (unpaired) electrons. The van der Waals surface area contributed by atoms with E-state index in [2.05, 4.69) is 15.3 Å². The molecule has 4 rings (SSSR count). The monoisotopic (exact) mass is 402 g/mol. The molecule has 2 aromatic heterocycles. The first kappa shape index (κ1) is 19.5. The van der Waals surface area contributed by atoms with Crippen molar-refractivity contribution in [2.45, 2.75) is 6.54 Å². The fourth-order valence-electron chi connectivity index (χ4n) is 2.83. The summed E-state index contributed by atoms with van der Waals surface area (Å²) in [5.74, 6) is 1.50. The van der Waals surface area contributed by atoms with Crippen LogP contribution in [0.5, 0.6) is 11.5 Å². The third-order valence-corrected chi connectivity index (χ3v) is 4.31. The summed E-state index contributed by atoms with van der Waals surface area (Å²) in [4.78, 5) is 34.3. The highest BCUT2D eigenvalue weighted by Crippen LogP contribution is 2.32. The Labute approximate surface area is 166 Å². The van der Waals surface area contributed by atoms with Crippen molar-refractivity contribution in [2.75, 3.05) is 25.8 Å². The summed E-state index contributed by atoms with van der Waals surface area (Å²) in [6.45, 7) is 0.456. The number of rotatable bonds is 4. The summed E-state index contributed by atoms with van der Waals surface area (Å²) in [6.07, 6.45) is 1.41. The van der Waals surface area contributed by atoms with Crippen LogP contribution in [0.15, 0.2) is 41.3 Å². The third kappa shape index (κ3) is 3.59. The van der Waals surface area contributed by atoms with Crippen LogP contribution in [0.4, 0.5) is 5.82 Å². The van der Waals surface area contributed by atoms with Gasteiger partial charge in [-0.2, -0.15) is 0 Å². The van der Waals surface area contributed by atoms with Crippen LogP contribution in [-0.2, 0) is 6.54 Å². The lowest BCUT2D eigenvalue weighted by Crippen LogP contribution is -2.29. The fraction of sp³-hybridized carbons (Fsp3) is 0.211. The SMILES string of the molecule is CN(C)c1ccc2[nH]cc(C(=O)NCc3ccc4c(c3)OCO4)c(=O)c2n1.Cl.